The molecule has 0 heterocycles. The van der Waals surface area contributed by atoms with Crippen LogP contribution in [-0.4, -0.2) is 45.0 Å². The first-order valence-corrected chi connectivity index (χ1v) is 4.04. The minimum atomic E-state index is -0.0695. The fourth-order valence-electron chi connectivity index (χ4n) is 0.684. The lowest BCUT2D eigenvalue weighted by Gasteiger charge is -2.14. The Morgan fingerprint density at radius 2 is 1.91 bits per heavy atom. The third-order valence-electron chi connectivity index (χ3n) is 1.29. The van der Waals surface area contributed by atoms with Crippen LogP contribution in [0.15, 0.2) is 0 Å². The van der Waals surface area contributed by atoms with Crippen LogP contribution in [0.5, 0.6) is 0 Å². The number of rotatable bonds is 6. The maximum atomic E-state index is 5.33. The lowest BCUT2D eigenvalue weighted by molar-refractivity contribution is -0.128. The highest BCUT2D eigenvalue weighted by Crippen LogP contribution is 1.92. The lowest BCUT2D eigenvalue weighted by Crippen LogP contribution is -2.22. The number of likely N-dealkylation sites (N-methyl/N-ethyl adjacent to an activating group) is 1. The fraction of sp³-hybridized carbons (Fsp3) is 1.00. The molecule has 0 aromatic rings. The van der Waals surface area contributed by atoms with E-state index in [0.717, 1.165) is 13.2 Å². The molecule has 0 aromatic carbocycles. The molecule has 0 spiro atoms. The Kier molecular flexibility index (Phi) is 6.51. The van der Waals surface area contributed by atoms with Crippen LogP contribution in [-0.2, 0) is 9.47 Å². The molecule has 0 aliphatic carbocycles. The Labute approximate surface area is 69.3 Å². The first kappa shape index (κ1) is 10.9. The van der Waals surface area contributed by atoms with E-state index in [-0.39, 0.29) is 6.29 Å². The predicted molar refractivity (Wildman–Crippen MR) is 45.6 cm³/mol. The topological polar surface area (TPSA) is 21.7 Å². The molecular formula is C8H19NO2. The summed E-state index contributed by atoms with van der Waals surface area (Å²) in [5.41, 5.74) is 0. The van der Waals surface area contributed by atoms with Gasteiger partial charge in [0.05, 0.1) is 6.61 Å². The zero-order valence-electron chi connectivity index (χ0n) is 7.96. The van der Waals surface area contributed by atoms with Gasteiger partial charge in [0.25, 0.3) is 0 Å². The van der Waals surface area contributed by atoms with Crippen LogP contribution in [0.25, 0.3) is 0 Å². The van der Waals surface area contributed by atoms with Crippen LogP contribution in [0.4, 0.5) is 0 Å². The van der Waals surface area contributed by atoms with Crippen LogP contribution in [0, 0.1) is 0 Å². The SMILES string of the molecule is CCOC(C)OCCN(C)C. The van der Waals surface area contributed by atoms with Gasteiger partial charge in [0.1, 0.15) is 0 Å². The number of ether oxygens (including phenoxy) is 2. The highest BCUT2D eigenvalue weighted by molar-refractivity contribution is 4.40. The van der Waals surface area contributed by atoms with Crippen molar-refractivity contribution in [1.82, 2.24) is 4.90 Å². The van der Waals surface area contributed by atoms with Crippen molar-refractivity contribution >= 4 is 0 Å². The van der Waals surface area contributed by atoms with E-state index in [1.165, 1.54) is 0 Å². The van der Waals surface area contributed by atoms with E-state index >= 15 is 0 Å². The van der Waals surface area contributed by atoms with E-state index in [4.69, 9.17) is 9.47 Å². The van der Waals surface area contributed by atoms with E-state index in [2.05, 4.69) is 4.90 Å². The minimum Gasteiger partial charge on any atom is -0.353 e. The molecule has 1 atom stereocenters. The second-order valence-electron chi connectivity index (χ2n) is 2.70. The lowest BCUT2D eigenvalue weighted by atomic mass is 10.6. The third-order valence-corrected chi connectivity index (χ3v) is 1.29. The van der Waals surface area contributed by atoms with E-state index in [1.54, 1.807) is 0 Å². The Hall–Kier alpha value is -0.120. The molecule has 3 nitrogen and oxygen atoms in total. The third kappa shape index (κ3) is 7.78. The van der Waals surface area contributed by atoms with Gasteiger partial charge >= 0.3 is 0 Å². The molecule has 0 bridgehead atoms. The van der Waals surface area contributed by atoms with E-state index in [9.17, 15) is 0 Å². The molecule has 0 amide bonds. The molecule has 0 aromatic heterocycles. The van der Waals surface area contributed by atoms with Crippen molar-refractivity contribution in [3.63, 3.8) is 0 Å². The molecule has 0 saturated carbocycles. The summed E-state index contributed by atoms with van der Waals surface area (Å²) in [6, 6.07) is 0. The second kappa shape index (κ2) is 6.58. The van der Waals surface area contributed by atoms with Gasteiger partial charge in [-0.2, -0.15) is 0 Å². The number of nitrogens with zero attached hydrogens (tertiary/aromatic N) is 1. The van der Waals surface area contributed by atoms with Crippen molar-refractivity contribution in [2.45, 2.75) is 20.1 Å². The molecule has 11 heavy (non-hydrogen) atoms. The zero-order valence-corrected chi connectivity index (χ0v) is 7.96. The summed E-state index contributed by atoms with van der Waals surface area (Å²) < 4.78 is 10.5. The number of hydrogen-bond donors (Lipinski definition) is 0. The van der Waals surface area contributed by atoms with Crippen molar-refractivity contribution in [1.29, 1.82) is 0 Å². The highest BCUT2D eigenvalue weighted by Gasteiger charge is 1.99. The maximum Gasteiger partial charge on any atom is 0.154 e. The van der Waals surface area contributed by atoms with Crippen LogP contribution >= 0.6 is 0 Å². The molecule has 0 saturated heterocycles. The van der Waals surface area contributed by atoms with Crippen LogP contribution in [0.1, 0.15) is 13.8 Å². The standard InChI is InChI=1S/C8H19NO2/c1-5-10-8(2)11-7-6-9(3)4/h8H,5-7H2,1-4H3. The Morgan fingerprint density at radius 1 is 1.27 bits per heavy atom. The highest BCUT2D eigenvalue weighted by atomic mass is 16.7. The van der Waals surface area contributed by atoms with Gasteiger partial charge in [-0.3, -0.25) is 0 Å². The first-order valence-electron chi connectivity index (χ1n) is 4.04. The van der Waals surface area contributed by atoms with Crippen LogP contribution in [0.3, 0.4) is 0 Å². The van der Waals surface area contributed by atoms with Gasteiger partial charge in [-0.25, -0.2) is 0 Å². The maximum absolute atomic E-state index is 5.33. The van der Waals surface area contributed by atoms with Crippen molar-refractivity contribution in [2.75, 3.05) is 33.9 Å². The summed E-state index contributed by atoms with van der Waals surface area (Å²) >= 11 is 0. The largest absolute Gasteiger partial charge is 0.353 e. The van der Waals surface area contributed by atoms with Crippen LogP contribution in [0.2, 0.25) is 0 Å². The van der Waals surface area contributed by atoms with Crippen molar-refractivity contribution in [3.05, 3.63) is 0 Å². The van der Waals surface area contributed by atoms with Gasteiger partial charge in [0.2, 0.25) is 0 Å². The van der Waals surface area contributed by atoms with Gasteiger partial charge < -0.3 is 14.4 Å². The minimum absolute atomic E-state index is 0.0695. The van der Waals surface area contributed by atoms with E-state index < -0.39 is 0 Å². The average molecular weight is 161 g/mol. The quantitative estimate of drug-likeness (QED) is 0.541. The fourth-order valence-corrected chi connectivity index (χ4v) is 0.684. The normalized spacial score (nSPS) is 13.9. The van der Waals surface area contributed by atoms with E-state index in [0.29, 0.717) is 6.61 Å². The summed E-state index contributed by atoms with van der Waals surface area (Å²) in [4.78, 5) is 2.08. The monoisotopic (exact) mass is 161 g/mol. The van der Waals surface area contributed by atoms with Crippen molar-refractivity contribution in [2.24, 2.45) is 0 Å². The van der Waals surface area contributed by atoms with Gasteiger partial charge in [0.15, 0.2) is 6.29 Å². The summed E-state index contributed by atoms with van der Waals surface area (Å²) in [7, 11) is 4.05. The zero-order chi connectivity index (χ0) is 8.69. The summed E-state index contributed by atoms with van der Waals surface area (Å²) in [5.74, 6) is 0. The number of hydrogen-bond acceptors (Lipinski definition) is 3. The molecule has 3 heteroatoms. The van der Waals surface area contributed by atoms with Crippen molar-refractivity contribution < 1.29 is 9.47 Å². The second-order valence-corrected chi connectivity index (χ2v) is 2.70. The molecular weight excluding hydrogens is 142 g/mol. The summed E-state index contributed by atoms with van der Waals surface area (Å²) in [6.07, 6.45) is -0.0695. The summed E-state index contributed by atoms with van der Waals surface area (Å²) in [5, 5.41) is 0. The molecule has 0 rings (SSSR count). The Morgan fingerprint density at radius 3 is 2.36 bits per heavy atom. The van der Waals surface area contributed by atoms with Gasteiger partial charge in [-0.1, -0.05) is 0 Å². The molecule has 1 unspecified atom stereocenters. The van der Waals surface area contributed by atoms with Gasteiger partial charge in [-0.05, 0) is 27.9 Å². The van der Waals surface area contributed by atoms with Crippen LogP contribution < -0.4 is 0 Å². The average Bonchev–Trinajstić information content (AvgIpc) is 1.87. The first-order chi connectivity index (χ1) is 5.16. The Balaban J connectivity index is 3.10. The molecule has 0 aliphatic rings. The Bertz CT molecular complexity index is 86.2. The molecule has 0 radical (unpaired) electrons. The summed E-state index contributed by atoms with van der Waals surface area (Å²) in [6.45, 7) is 6.26. The predicted octanol–water partition coefficient (Wildman–Crippen LogP) is 0.947. The molecule has 0 aliphatic heterocycles. The van der Waals surface area contributed by atoms with Gasteiger partial charge in [-0.15, -0.1) is 0 Å². The molecule has 0 N–H and O–H groups in total. The van der Waals surface area contributed by atoms with E-state index in [1.807, 2.05) is 27.9 Å². The van der Waals surface area contributed by atoms with Crippen molar-refractivity contribution in [3.8, 4) is 0 Å². The smallest absolute Gasteiger partial charge is 0.154 e. The molecule has 68 valence electrons. The molecule has 0 fully saturated rings. The van der Waals surface area contributed by atoms with Gasteiger partial charge in [0, 0.05) is 13.2 Å².